The van der Waals surface area contributed by atoms with Gasteiger partial charge in [0.1, 0.15) is 6.29 Å². The average molecular weight is 239 g/mol. The zero-order valence-corrected chi connectivity index (χ0v) is 11.9. The third-order valence-electron chi connectivity index (χ3n) is 3.96. The average Bonchev–Trinajstić information content (AvgIpc) is 2.54. The van der Waals surface area contributed by atoms with Crippen molar-refractivity contribution in [1.82, 2.24) is 4.90 Å². The maximum atomic E-state index is 11.5. The number of carbonyl (C=O) groups is 1. The second kappa shape index (κ2) is 7.15. The van der Waals surface area contributed by atoms with Crippen LogP contribution in [0.4, 0.5) is 0 Å². The van der Waals surface area contributed by atoms with E-state index in [2.05, 4.69) is 25.7 Å². The second-order valence-corrected chi connectivity index (χ2v) is 6.12. The van der Waals surface area contributed by atoms with Crippen LogP contribution in [0.1, 0.15) is 59.3 Å². The smallest absolute Gasteiger partial charge is 0.127 e. The largest absolute Gasteiger partial charge is 0.303 e. The SMILES string of the molecule is CCN(CC(C)C)CC1(C=O)CCCCCC1. The lowest BCUT2D eigenvalue weighted by molar-refractivity contribution is -0.118. The summed E-state index contributed by atoms with van der Waals surface area (Å²) in [4.78, 5) is 14.0. The van der Waals surface area contributed by atoms with Crippen LogP contribution in [0, 0.1) is 11.3 Å². The van der Waals surface area contributed by atoms with E-state index in [1.54, 1.807) is 0 Å². The number of nitrogens with zero attached hydrogens (tertiary/aromatic N) is 1. The molecule has 0 heterocycles. The van der Waals surface area contributed by atoms with Crippen LogP contribution in [0.2, 0.25) is 0 Å². The fraction of sp³-hybridized carbons (Fsp3) is 0.933. The quantitative estimate of drug-likeness (QED) is 0.522. The van der Waals surface area contributed by atoms with Crippen LogP contribution in [-0.2, 0) is 4.79 Å². The minimum Gasteiger partial charge on any atom is -0.303 e. The van der Waals surface area contributed by atoms with Gasteiger partial charge in [-0.3, -0.25) is 0 Å². The van der Waals surface area contributed by atoms with Crippen LogP contribution in [0.25, 0.3) is 0 Å². The van der Waals surface area contributed by atoms with Crippen molar-refractivity contribution in [3.8, 4) is 0 Å². The van der Waals surface area contributed by atoms with Crippen molar-refractivity contribution < 1.29 is 4.79 Å². The zero-order valence-electron chi connectivity index (χ0n) is 11.9. The van der Waals surface area contributed by atoms with Crippen molar-refractivity contribution in [2.45, 2.75) is 59.3 Å². The lowest BCUT2D eigenvalue weighted by Crippen LogP contribution is -2.40. The molecule has 0 saturated heterocycles. The molecule has 0 bridgehead atoms. The molecule has 0 amide bonds. The summed E-state index contributed by atoms with van der Waals surface area (Å²) in [5, 5.41) is 0. The van der Waals surface area contributed by atoms with E-state index in [-0.39, 0.29) is 5.41 Å². The molecule has 0 radical (unpaired) electrons. The Hall–Kier alpha value is -0.370. The third kappa shape index (κ3) is 4.79. The standard InChI is InChI=1S/C15H29NO/c1-4-16(11-14(2)3)12-15(13-17)9-7-5-6-8-10-15/h13-14H,4-12H2,1-3H3. The van der Waals surface area contributed by atoms with E-state index in [0.29, 0.717) is 5.92 Å². The molecule has 2 heteroatoms. The van der Waals surface area contributed by atoms with Crippen molar-refractivity contribution >= 4 is 6.29 Å². The fourth-order valence-electron chi connectivity index (χ4n) is 3.01. The summed E-state index contributed by atoms with van der Waals surface area (Å²) in [7, 11) is 0. The lowest BCUT2D eigenvalue weighted by atomic mass is 9.81. The van der Waals surface area contributed by atoms with Gasteiger partial charge in [0.2, 0.25) is 0 Å². The van der Waals surface area contributed by atoms with Crippen molar-refractivity contribution in [3.05, 3.63) is 0 Å². The molecule has 17 heavy (non-hydrogen) atoms. The Kier molecular flexibility index (Phi) is 6.18. The monoisotopic (exact) mass is 239 g/mol. The molecule has 0 spiro atoms. The highest BCUT2D eigenvalue weighted by molar-refractivity contribution is 5.59. The Bertz CT molecular complexity index is 217. The summed E-state index contributed by atoms with van der Waals surface area (Å²) in [6.07, 6.45) is 8.56. The minimum atomic E-state index is -0.0403. The molecule has 100 valence electrons. The van der Waals surface area contributed by atoms with Crippen molar-refractivity contribution in [1.29, 1.82) is 0 Å². The number of aldehydes is 1. The third-order valence-corrected chi connectivity index (χ3v) is 3.96. The molecule has 1 fully saturated rings. The summed E-state index contributed by atoms with van der Waals surface area (Å²) in [5.41, 5.74) is -0.0403. The first-order chi connectivity index (χ1) is 8.12. The first kappa shape index (κ1) is 14.7. The van der Waals surface area contributed by atoms with Crippen molar-refractivity contribution in [2.24, 2.45) is 11.3 Å². The minimum absolute atomic E-state index is 0.0403. The highest BCUT2D eigenvalue weighted by Crippen LogP contribution is 2.34. The van der Waals surface area contributed by atoms with E-state index in [1.165, 1.54) is 32.0 Å². The van der Waals surface area contributed by atoms with Crippen LogP contribution < -0.4 is 0 Å². The topological polar surface area (TPSA) is 20.3 Å². The maximum Gasteiger partial charge on any atom is 0.127 e. The lowest BCUT2D eigenvalue weighted by Gasteiger charge is -2.34. The molecule has 0 aromatic carbocycles. The van der Waals surface area contributed by atoms with E-state index >= 15 is 0 Å². The summed E-state index contributed by atoms with van der Waals surface area (Å²) in [5.74, 6) is 0.685. The molecule has 0 N–H and O–H groups in total. The molecule has 0 aromatic heterocycles. The first-order valence-corrected chi connectivity index (χ1v) is 7.30. The maximum absolute atomic E-state index is 11.5. The van der Waals surface area contributed by atoms with Gasteiger partial charge >= 0.3 is 0 Å². The summed E-state index contributed by atoms with van der Waals surface area (Å²) < 4.78 is 0. The Labute approximate surface area is 107 Å². The van der Waals surface area contributed by atoms with Crippen LogP contribution in [0.5, 0.6) is 0 Å². The van der Waals surface area contributed by atoms with Crippen molar-refractivity contribution in [2.75, 3.05) is 19.6 Å². The van der Waals surface area contributed by atoms with Crippen molar-refractivity contribution in [3.63, 3.8) is 0 Å². The van der Waals surface area contributed by atoms with Gasteiger partial charge in [-0.1, -0.05) is 46.5 Å². The van der Waals surface area contributed by atoms with E-state index in [9.17, 15) is 4.79 Å². The normalized spacial score (nSPS) is 20.5. The van der Waals surface area contributed by atoms with Gasteiger partial charge in [0.25, 0.3) is 0 Å². The summed E-state index contributed by atoms with van der Waals surface area (Å²) in [6, 6.07) is 0. The molecular formula is C15H29NO. The predicted molar refractivity (Wildman–Crippen MR) is 73.2 cm³/mol. The molecule has 1 rings (SSSR count). The van der Waals surface area contributed by atoms with Gasteiger partial charge in [-0.2, -0.15) is 0 Å². The van der Waals surface area contributed by atoms with E-state index in [1.807, 2.05) is 0 Å². The summed E-state index contributed by atoms with van der Waals surface area (Å²) >= 11 is 0. The van der Waals surface area contributed by atoms with Gasteiger partial charge < -0.3 is 9.69 Å². The van der Waals surface area contributed by atoms with Gasteiger partial charge in [-0.05, 0) is 25.3 Å². The van der Waals surface area contributed by atoms with Gasteiger partial charge in [-0.15, -0.1) is 0 Å². The second-order valence-electron chi connectivity index (χ2n) is 6.12. The Balaban J connectivity index is 2.61. The molecule has 1 aliphatic rings. The molecule has 1 saturated carbocycles. The Morgan fingerprint density at radius 2 is 1.76 bits per heavy atom. The van der Waals surface area contributed by atoms with Crippen LogP contribution in [-0.4, -0.2) is 30.8 Å². The highest BCUT2D eigenvalue weighted by Gasteiger charge is 2.32. The number of hydrogen-bond donors (Lipinski definition) is 0. The van der Waals surface area contributed by atoms with Gasteiger partial charge in [0.15, 0.2) is 0 Å². The molecule has 2 nitrogen and oxygen atoms in total. The molecular weight excluding hydrogens is 210 g/mol. The molecule has 0 aliphatic heterocycles. The summed E-state index contributed by atoms with van der Waals surface area (Å²) in [6.45, 7) is 9.87. The molecule has 0 unspecified atom stereocenters. The number of hydrogen-bond acceptors (Lipinski definition) is 2. The van der Waals surface area contributed by atoms with Crippen LogP contribution in [0.15, 0.2) is 0 Å². The molecule has 0 atom stereocenters. The fourth-order valence-corrected chi connectivity index (χ4v) is 3.01. The predicted octanol–water partition coefficient (Wildman–Crippen LogP) is 3.50. The van der Waals surface area contributed by atoms with Gasteiger partial charge in [0.05, 0.1) is 0 Å². The van der Waals surface area contributed by atoms with Gasteiger partial charge in [0, 0.05) is 18.5 Å². The molecule has 0 aromatic rings. The van der Waals surface area contributed by atoms with E-state index < -0.39 is 0 Å². The number of carbonyl (C=O) groups excluding carboxylic acids is 1. The first-order valence-electron chi connectivity index (χ1n) is 7.30. The Morgan fingerprint density at radius 3 is 2.18 bits per heavy atom. The van der Waals surface area contributed by atoms with Gasteiger partial charge in [-0.25, -0.2) is 0 Å². The van der Waals surface area contributed by atoms with E-state index in [0.717, 1.165) is 32.5 Å². The van der Waals surface area contributed by atoms with E-state index in [4.69, 9.17) is 0 Å². The highest BCUT2D eigenvalue weighted by atomic mass is 16.1. The van der Waals surface area contributed by atoms with Crippen LogP contribution >= 0.6 is 0 Å². The van der Waals surface area contributed by atoms with Crippen LogP contribution in [0.3, 0.4) is 0 Å². The zero-order chi connectivity index (χ0) is 12.7. The number of rotatable bonds is 6. The molecule has 1 aliphatic carbocycles. The Morgan fingerprint density at radius 1 is 1.18 bits per heavy atom.